The number of likely N-dealkylation sites (tertiary alicyclic amines) is 1. The highest BCUT2D eigenvalue weighted by atomic mass is 35.5. The Morgan fingerprint density at radius 1 is 1.07 bits per heavy atom. The zero-order valence-corrected chi connectivity index (χ0v) is 23.4. The van der Waals surface area contributed by atoms with Crippen molar-refractivity contribution in [3.05, 3.63) is 97.2 Å². The second kappa shape index (κ2) is 11.7. The number of aliphatic hydroxyl groups excluding tert-OH is 1. The Labute approximate surface area is 248 Å². The summed E-state index contributed by atoms with van der Waals surface area (Å²) in [5, 5.41) is 9.01. The van der Waals surface area contributed by atoms with Gasteiger partial charge >= 0.3 is 18.0 Å². The first-order valence-corrected chi connectivity index (χ1v) is 13.9. The van der Waals surface area contributed by atoms with Gasteiger partial charge in [-0.25, -0.2) is 18.4 Å². The van der Waals surface area contributed by atoms with Crippen molar-refractivity contribution in [2.45, 2.75) is 17.7 Å². The number of aromatic nitrogens is 2. The number of thioether (sulfide) groups is 1. The van der Waals surface area contributed by atoms with E-state index in [1.54, 1.807) is 30.3 Å². The van der Waals surface area contributed by atoms with Gasteiger partial charge in [-0.15, -0.1) is 11.8 Å². The number of carbonyl (C=O) groups excluding carboxylic acids is 1. The van der Waals surface area contributed by atoms with Gasteiger partial charge in [0.25, 0.3) is 5.56 Å². The molecule has 8 nitrogen and oxygen atoms in total. The molecule has 43 heavy (non-hydrogen) atoms. The van der Waals surface area contributed by atoms with Gasteiger partial charge in [0, 0.05) is 46.3 Å². The van der Waals surface area contributed by atoms with Crippen molar-refractivity contribution in [2.24, 2.45) is 5.41 Å². The molecule has 0 aliphatic carbocycles. The number of carbonyl (C=O) groups is 1. The lowest BCUT2D eigenvalue weighted by Gasteiger charge is -2.48. The van der Waals surface area contributed by atoms with Crippen LogP contribution < -0.4 is 11.2 Å². The molecule has 3 aromatic carbocycles. The van der Waals surface area contributed by atoms with Crippen LogP contribution in [0.4, 0.5) is 26.7 Å². The van der Waals surface area contributed by atoms with Gasteiger partial charge in [0.2, 0.25) is 0 Å². The van der Waals surface area contributed by atoms with Crippen LogP contribution in [0.2, 0.25) is 5.02 Å². The molecule has 1 aliphatic heterocycles. The summed E-state index contributed by atoms with van der Waals surface area (Å²) in [6.07, 6.45) is -5.79. The minimum Gasteiger partial charge on any atom is -0.445 e. The monoisotopic (exact) mass is 641 g/mol. The smallest absolute Gasteiger partial charge is 0.417 e. The normalized spacial score (nSPS) is 14.5. The molecule has 0 atom stereocenters. The quantitative estimate of drug-likeness (QED) is 0.138. The molecule has 226 valence electrons. The minimum absolute atomic E-state index is 0.00430. The molecule has 0 unspecified atom stereocenters. The number of alkyl halides is 3. The van der Waals surface area contributed by atoms with E-state index in [9.17, 15) is 37.1 Å². The van der Waals surface area contributed by atoms with Gasteiger partial charge in [-0.1, -0.05) is 41.9 Å². The van der Waals surface area contributed by atoms with Crippen LogP contribution in [0.5, 0.6) is 0 Å². The Bertz CT molecular complexity index is 1820. The van der Waals surface area contributed by atoms with Crippen molar-refractivity contribution >= 4 is 40.4 Å². The van der Waals surface area contributed by atoms with Gasteiger partial charge in [-0.05, 0) is 17.7 Å². The third-order valence-electron chi connectivity index (χ3n) is 6.95. The van der Waals surface area contributed by atoms with Crippen molar-refractivity contribution < 1.29 is 36.6 Å². The molecule has 0 bridgehead atoms. The molecule has 5 rings (SSSR count). The molecular weight excluding hydrogens is 621 g/mol. The molecule has 3 N–H and O–H groups in total. The Morgan fingerprint density at radius 3 is 2.42 bits per heavy atom. The van der Waals surface area contributed by atoms with E-state index in [0.29, 0.717) is 30.0 Å². The van der Waals surface area contributed by atoms with Crippen LogP contribution in [-0.4, -0.2) is 51.5 Å². The molecule has 1 aromatic heterocycles. The summed E-state index contributed by atoms with van der Waals surface area (Å²) in [4.78, 5) is 42.4. The van der Waals surface area contributed by atoms with Gasteiger partial charge in [0.15, 0.2) is 0 Å². The van der Waals surface area contributed by atoms with Crippen LogP contribution in [0.25, 0.3) is 22.0 Å². The van der Waals surface area contributed by atoms with Gasteiger partial charge in [0.05, 0.1) is 28.1 Å². The molecule has 2 heterocycles. The highest BCUT2D eigenvalue weighted by Gasteiger charge is 2.46. The average molecular weight is 642 g/mol. The number of benzene rings is 3. The summed E-state index contributed by atoms with van der Waals surface area (Å²) in [6.45, 7) is -0.527. The van der Waals surface area contributed by atoms with Crippen LogP contribution in [0, 0.1) is 17.0 Å². The van der Waals surface area contributed by atoms with E-state index < -0.39 is 74.3 Å². The van der Waals surface area contributed by atoms with E-state index in [0.717, 1.165) is 5.56 Å². The number of nitrogens with zero attached hydrogens (tertiary/aromatic N) is 1. The van der Waals surface area contributed by atoms with E-state index in [1.165, 1.54) is 4.90 Å². The van der Waals surface area contributed by atoms with Crippen molar-refractivity contribution in [3.8, 4) is 11.1 Å². The fourth-order valence-electron chi connectivity index (χ4n) is 4.79. The fraction of sp³-hybridized carbons (Fsp3) is 0.250. The molecule has 15 heteroatoms. The van der Waals surface area contributed by atoms with E-state index >= 15 is 4.39 Å². The summed E-state index contributed by atoms with van der Waals surface area (Å²) in [5.74, 6) is -2.70. The molecule has 1 aliphatic rings. The first kappa shape index (κ1) is 30.6. The number of hydrogen-bond acceptors (Lipinski definition) is 6. The van der Waals surface area contributed by atoms with Crippen LogP contribution in [-0.2, 0) is 17.5 Å². The van der Waals surface area contributed by atoms with Crippen molar-refractivity contribution in [2.75, 3.05) is 25.4 Å². The molecule has 1 amide bonds. The van der Waals surface area contributed by atoms with Gasteiger partial charge < -0.3 is 19.7 Å². The number of amides is 1. The molecule has 0 radical (unpaired) electrons. The largest absolute Gasteiger partial charge is 0.445 e. The molecule has 4 aromatic rings. The molecule has 1 saturated heterocycles. The number of nitrogens with one attached hydrogen (secondary N) is 2. The van der Waals surface area contributed by atoms with E-state index in [1.807, 2.05) is 4.98 Å². The number of hydrogen-bond donors (Lipinski definition) is 3. The SMILES string of the molecule is O=C(OCc1ccccc1)N1CC(CO)(CSc2c(-c3cc(Cl)c(F)cc3F)c(C(F)(F)F)cc3c(=O)[nH]c(=O)[nH]c23)C1. The van der Waals surface area contributed by atoms with Crippen LogP contribution in [0.1, 0.15) is 11.1 Å². The molecular formula is C28H21ClF5N3O5S. The third-order valence-corrected chi connectivity index (χ3v) is 8.69. The van der Waals surface area contributed by atoms with Gasteiger partial charge in [-0.3, -0.25) is 9.78 Å². The molecule has 0 saturated carbocycles. The summed E-state index contributed by atoms with van der Waals surface area (Å²) in [6, 6.07) is 10.4. The predicted molar refractivity (Wildman–Crippen MR) is 149 cm³/mol. The van der Waals surface area contributed by atoms with Gasteiger partial charge in [0.1, 0.15) is 18.2 Å². The Morgan fingerprint density at radius 2 is 1.77 bits per heavy atom. The van der Waals surface area contributed by atoms with Crippen LogP contribution in [0.3, 0.4) is 0 Å². The lowest BCUT2D eigenvalue weighted by Crippen LogP contribution is -2.61. The number of ether oxygens (including phenoxy) is 1. The summed E-state index contributed by atoms with van der Waals surface area (Å²) < 4.78 is 77.5. The second-order valence-corrected chi connectivity index (χ2v) is 11.4. The van der Waals surface area contributed by atoms with Crippen molar-refractivity contribution in [1.29, 1.82) is 0 Å². The number of rotatable bonds is 7. The Balaban J connectivity index is 1.53. The Hall–Kier alpha value is -3.88. The number of H-pyrrole nitrogens is 2. The topological polar surface area (TPSA) is 115 Å². The Kier molecular flexibility index (Phi) is 8.29. The zero-order chi connectivity index (χ0) is 31.1. The average Bonchev–Trinajstić information content (AvgIpc) is 2.93. The maximum absolute atomic E-state index is 15.1. The van der Waals surface area contributed by atoms with E-state index in [-0.39, 0.29) is 35.9 Å². The lowest BCUT2D eigenvalue weighted by molar-refractivity contribution is -0.137. The van der Waals surface area contributed by atoms with Gasteiger partial charge in [-0.2, -0.15) is 13.2 Å². The predicted octanol–water partition coefficient (Wildman–Crippen LogP) is 5.56. The highest BCUT2D eigenvalue weighted by Crippen LogP contribution is 2.48. The van der Waals surface area contributed by atoms with E-state index in [4.69, 9.17) is 16.3 Å². The zero-order valence-electron chi connectivity index (χ0n) is 21.9. The summed E-state index contributed by atoms with van der Waals surface area (Å²) in [7, 11) is 0. The molecule has 1 fully saturated rings. The van der Waals surface area contributed by atoms with Crippen molar-refractivity contribution in [3.63, 3.8) is 0 Å². The van der Waals surface area contributed by atoms with E-state index in [2.05, 4.69) is 4.98 Å². The first-order chi connectivity index (χ1) is 20.3. The maximum atomic E-state index is 15.1. The molecule has 0 spiro atoms. The summed E-state index contributed by atoms with van der Waals surface area (Å²) in [5.41, 5.74) is -5.68. The summed E-state index contributed by atoms with van der Waals surface area (Å²) >= 11 is 6.52. The fourth-order valence-corrected chi connectivity index (χ4v) is 6.35. The lowest BCUT2D eigenvalue weighted by atomic mass is 9.83. The highest BCUT2D eigenvalue weighted by molar-refractivity contribution is 7.99. The third kappa shape index (κ3) is 6.12. The minimum atomic E-state index is -5.13. The number of halogens is 6. The first-order valence-electron chi connectivity index (χ1n) is 12.6. The second-order valence-electron chi connectivity index (χ2n) is 10.0. The standard InChI is InChI=1S/C28H21ClF5N3O5S/c29-18-7-15(19(30)8-20(18)31)21-17(28(32,33)34)6-16-22(35-25(40)36-24(16)39)23(21)43-13-27(12-38)10-37(11-27)26(41)42-9-14-4-2-1-3-5-14/h1-8,38H,9-13H2,(H2,35,36,39,40). The number of aliphatic hydroxyl groups is 1. The van der Waals surface area contributed by atoms with Crippen LogP contribution >= 0.6 is 23.4 Å². The maximum Gasteiger partial charge on any atom is 0.417 e. The number of aromatic amines is 2. The van der Waals surface area contributed by atoms with Crippen LogP contribution in [0.15, 0.2) is 63.0 Å². The number of fused-ring (bicyclic) bond motifs is 1. The van der Waals surface area contributed by atoms with Crippen molar-refractivity contribution in [1.82, 2.24) is 14.9 Å².